The van der Waals surface area contributed by atoms with E-state index in [1.54, 1.807) is 72.8 Å². The van der Waals surface area contributed by atoms with E-state index in [1.165, 1.54) is 0 Å². The summed E-state index contributed by atoms with van der Waals surface area (Å²) in [7, 11) is 0. The molecule has 6 nitrogen and oxygen atoms in total. The maximum atomic E-state index is 13.0. The third-order valence-electron chi connectivity index (χ3n) is 7.96. The standard InChI is InChI=1S/C38H46O6/c1-5-9-10-27(7-3)26-36(40)29-11-13-30(14-12-29)37(41)31-15-17-32(18-16-31)38(42)44-34-21-19-28(20-22-34)35(39)24-23-33(8-4)43-25-6-2/h11-22,27,33H,5-10,23-26H2,1-4H3. The summed E-state index contributed by atoms with van der Waals surface area (Å²) in [5, 5.41) is 0. The summed E-state index contributed by atoms with van der Waals surface area (Å²) >= 11 is 0. The van der Waals surface area contributed by atoms with Gasteiger partial charge in [-0.1, -0.05) is 89.8 Å². The molecule has 234 valence electrons. The van der Waals surface area contributed by atoms with Gasteiger partial charge in [-0.2, -0.15) is 0 Å². The highest BCUT2D eigenvalue weighted by Gasteiger charge is 2.17. The molecule has 2 unspecified atom stereocenters. The third-order valence-corrected chi connectivity index (χ3v) is 7.96. The fourth-order valence-electron chi connectivity index (χ4n) is 5.06. The summed E-state index contributed by atoms with van der Waals surface area (Å²) in [6.07, 6.45) is 7.78. The van der Waals surface area contributed by atoms with Crippen molar-refractivity contribution in [2.75, 3.05) is 6.61 Å². The second-order valence-corrected chi connectivity index (χ2v) is 11.3. The molecule has 0 aromatic heterocycles. The topological polar surface area (TPSA) is 86.7 Å². The van der Waals surface area contributed by atoms with Gasteiger partial charge in [0.05, 0.1) is 11.7 Å². The average molecular weight is 599 g/mol. The van der Waals surface area contributed by atoms with Crippen LogP contribution in [0, 0.1) is 5.92 Å². The fourth-order valence-corrected chi connectivity index (χ4v) is 5.06. The smallest absolute Gasteiger partial charge is 0.343 e. The molecule has 0 radical (unpaired) electrons. The first kappa shape index (κ1) is 34.6. The molecule has 0 heterocycles. The predicted octanol–water partition coefficient (Wildman–Crippen LogP) is 9.09. The van der Waals surface area contributed by atoms with Crippen molar-refractivity contribution in [1.29, 1.82) is 0 Å². The van der Waals surface area contributed by atoms with Gasteiger partial charge in [-0.15, -0.1) is 0 Å². The zero-order valence-corrected chi connectivity index (χ0v) is 26.6. The van der Waals surface area contributed by atoms with Crippen LogP contribution in [0.5, 0.6) is 5.75 Å². The number of Topliss-reactive ketones (excluding diaryl/α,β-unsaturated/α-hetero) is 2. The number of hydrogen-bond donors (Lipinski definition) is 0. The van der Waals surface area contributed by atoms with Crippen LogP contribution in [-0.4, -0.2) is 36.0 Å². The second kappa shape index (κ2) is 18.0. The number of rotatable bonds is 19. The van der Waals surface area contributed by atoms with Gasteiger partial charge in [0.15, 0.2) is 17.3 Å². The van der Waals surface area contributed by atoms with Crippen molar-refractivity contribution in [2.24, 2.45) is 5.92 Å². The zero-order chi connectivity index (χ0) is 31.9. The molecule has 3 rings (SSSR count). The summed E-state index contributed by atoms with van der Waals surface area (Å²) in [6, 6.07) is 19.6. The van der Waals surface area contributed by atoms with Gasteiger partial charge < -0.3 is 9.47 Å². The summed E-state index contributed by atoms with van der Waals surface area (Å²) < 4.78 is 11.3. The molecule has 3 aromatic carbocycles. The Morgan fingerprint density at radius 2 is 1.16 bits per heavy atom. The van der Waals surface area contributed by atoms with Crippen LogP contribution in [0.1, 0.15) is 132 Å². The number of esters is 1. The first-order valence-corrected chi connectivity index (χ1v) is 16.0. The van der Waals surface area contributed by atoms with Crippen molar-refractivity contribution in [3.63, 3.8) is 0 Å². The van der Waals surface area contributed by atoms with Gasteiger partial charge in [0.25, 0.3) is 0 Å². The van der Waals surface area contributed by atoms with Crippen molar-refractivity contribution in [3.05, 3.63) is 101 Å². The molecule has 0 aliphatic carbocycles. The van der Waals surface area contributed by atoms with Crippen LogP contribution in [0.25, 0.3) is 0 Å². The molecular weight excluding hydrogens is 552 g/mol. The molecule has 6 heteroatoms. The largest absolute Gasteiger partial charge is 0.423 e. The van der Waals surface area contributed by atoms with E-state index in [0.29, 0.717) is 65.4 Å². The molecule has 0 spiro atoms. The number of carbonyl (C=O) groups excluding carboxylic acids is 4. The Morgan fingerprint density at radius 3 is 1.70 bits per heavy atom. The molecule has 0 aliphatic heterocycles. The van der Waals surface area contributed by atoms with Gasteiger partial charge in [0.2, 0.25) is 0 Å². The van der Waals surface area contributed by atoms with Gasteiger partial charge in [-0.3, -0.25) is 14.4 Å². The number of unbranched alkanes of at least 4 members (excludes halogenated alkanes) is 1. The van der Waals surface area contributed by atoms with E-state index in [4.69, 9.17) is 9.47 Å². The van der Waals surface area contributed by atoms with Crippen LogP contribution >= 0.6 is 0 Å². The molecule has 3 aromatic rings. The minimum Gasteiger partial charge on any atom is -0.423 e. The molecule has 0 saturated heterocycles. The Labute approximate surface area is 262 Å². The Bertz CT molecular complexity index is 1360. The second-order valence-electron chi connectivity index (χ2n) is 11.3. The SMILES string of the molecule is CCCCC(CC)CC(=O)c1ccc(C(=O)c2ccc(C(=O)Oc3ccc(C(=O)CCC(CC)OCCC)cc3)cc2)cc1. The highest BCUT2D eigenvalue weighted by atomic mass is 16.5. The molecular formula is C38H46O6. The number of carbonyl (C=O) groups is 4. The van der Waals surface area contributed by atoms with Crippen LogP contribution < -0.4 is 4.74 Å². The zero-order valence-electron chi connectivity index (χ0n) is 26.6. The maximum absolute atomic E-state index is 13.0. The van der Waals surface area contributed by atoms with Crippen molar-refractivity contribution < 1.29 is 28.7 Å². The summed E-state index contributed by atoms with van der Waals surface area (Å²) in [5.74, 6) is 0.0891. The van der Waals surface area contributed by atoms with Crippen molar-refractivity contribution in [1.82, 2.24) is 0 Å². The third kappa shape index (κ3) is 10.4. The van der Waals surface area contributed by atoms with Crippen molar-refractivity contribution in [3.8, 4) is 5.75 Å². The number of ketones is 3. The Morgan fingerprint density at radius 1 is 0.614 bits per heavy atom. The minimum absolute atomic E-state index is 0.0236. The van der Waals surface area contributed by atoms with Crippen LogP contribution in [0.3, 0.4) is 0 Å². The van der Waals surface area contributed by atoms with E-state index in [9.17, 15) is 19.2 Å². The van der Waals surface area contributed by atoms with Crippen LogP contribution in [0.15, 0.2) is 72.8 Å². The molecule has 0 N–H and O–H groups in total. The number of ether oxygens (including phenoxy) is 2. The summed E-state index contributed by atoms with van der Waals surface area (Å²) in [6.45, 7) is 9.09. The Balaban J connectivity index is 1.54. The van der Waals surface area contributed by atoms with Gasteiger partial charge in [0.1, 0.15) is 5.75 Å². The van der Waals surface area contributed by atoms with Crippen LogP contribution in [0.2, 0.25) is 0 Å². The van der Waals surface area contributed by atoms with E-state index in [-0.39, 0.29) is 23.5 Å². The van der Waals surface area contributed by atoms with Gasteiger partial charge in [-0.05, 0) is 61.6 Å². The lowest BCUT2D eigenvalue weighted by atomic mass is 9.91. The molecule has 0 bridgehead atoms. The normalized spacial score (nSPS) is 12.4. The Hall–Kier alpha value is -3.90. The van der Waals surface area contributed by atoms with Gasteiger partial charge in [-0.25, -0.2) is 4.79 Å². The number of hydrogen-bond acceptors (Lipinski definition) is 6. The highest BCUT2D eigenvalue weighted by Crippen LogP contribution is 2.21. The van der Waals surface area contributed by atoms with E-state index in [1.807, 2.05) is 0 Å². The lowest BCUT2D eigenvalue weighted by Crippen LogP contribution is -2.14. The van der Waals surface area contributed by atoms with Gasteiger partial charge in [0, 0.05) is 41.7 Å². The fraction of sp³-hybridized carbons (Fsp3) is 0.421. The monoisotopic (exact) mass is 598 g/mol. The van der Waals surface area contributed by atoms with E-state index >= 15 is 0 Å². The van der Waals surface area contributed by atoms with Crippen molar-refractivity contribution >= 4 is 23.3 Å². The predicted molar refractivity (Wildman–Crippen MR) is 174 cm³/mol. The summed E-state index contributed by atoms with van der Waals surface area (Å²) in [4.78, 5) is 51.1. The first-order valence-electron chi connectivity index (χ1n) is 16.0. The van der Waals surface area contributed by atoms with Crippen LogP contribution in [0.4, 0.5) is 0 Å². The Kier molecular flexibility index (Phi) is 14.2. The highest BCUT2D eigenvalue weighted by molar-refractivity contribution is 6.10. The van der Waals surface area contributed by atoms with Gasteiger partial charge >= 0.3 is 5.97 Å². The lowest BCUT2D eigenvalue weighted by molar-refractivity contribution is 0.0430. The molecule has 0 fully saturated rings. The van der Waals surface area contributed by atoms with Crippen LogP contribution in [-0.2, 0) is 4.74 Å². The van der Waals surface area contributed by atoms with E-state index < -0.39 is 5.97 Å². The molecule has 0 amide bonds. The van der Waals surface area contributed by atoms with Crippen molar-refractivity contribution in [2.45, 2.75) is 91.6 Å². The quantitative estimate of drug-likeness (QED) is 0.0777. The lowest BCUT2D eigenvalue weighted by Gasteiger charge is -2.15. The maximum Gasteiger partial charge on any atom is 0.343 e. The average Bonchev–Trinajstić information content (AvgIpc) is 3.06. The summed E-state index contributed by atoms with van der Waals surface area (Å²) in [5.41, 5.74) is 2.39. The number of benzene rings is 3. The van der Waals surface area contributed by atoms with E-state index in [2.05, 4.69) is 27.7 Å². The molecule has 0 saturated carbocycles. The first-order chi connectivity index (χ1) is 21.3. The molecule has 44 heavy (non-hydrogen) atoms. The van der Waals surface area contributed by atoms with E-state index in [0.717, 1.165) is 38.5 Å². The minimum atomic E-state index is -0.561. The molecule has 2 atom stereocenters. The molecule has 0 aliphatic rings.